The third-order valence-corrected chi connectivity index (χ3v) is 10.9. The van der Waals surface area contributed by atoms with Gasteiger partial charge in [0.1, 0.15) is 0 Å². The summed E-state index contributed by atoms with van der Waals surface area (Å²) in [4.78, 5) is 0. The minimum Gasteiger partial charge on any atom is -0.393 e. The van der Waals surface area contributed by atoms with Crippen molar-refractivity contribution in [2.75, 3.05) is 0 Å². The van der Waals surface area contributed by atoms with Crippen molar-refractivity contribution in [2.24, 2.45) is 46.3 Å². The number of hydrogen-bond acceptors (Lipinski definition) is 1. The summed E-state index contributed by atoms with van der Waals surface area (Å²) in [5.41, 5.74) is 2.89. The number of aliphatic hydroxyl groups excluding tert-OH is 1. The summed E-state index contributed by atoms with van der Waals surface area (Å²) in [5, 5.41) is 10.2. The lowest BCUT2D eigenvalue weighted by Crippen LogP contribution is -2.49. The summed E-state index contributed by atoms with van der Waals surface area (Å²) in [6, 6.07) is 0. The highest BCUT2D eigenvalue weighted by molar-refractivity contribution is 5.27. The molecule has 0 bridgehead atoms. The molecular formula is C28H48O. The molecule has 166 valence electrons. The van der Waals surface area contributed by atoms with Gasteiger partial charge in [0, 0.05) is 0 Å². The summed E-state index contributed by atoms with van der Waals surface area (Å²) in [7, 11) is 0. The Morgan fingerprint density at radius 1 is 1.00 bits per heavy atom. The normalized spacial score (nSPS) is 46.3. The molecule has 0 amide bonds. The second kappa shape index (κ2) is 8.33. The fraction of sp³-hybridized carbons (Fsp3) is 0.929. The molecule has 0 radical (unpaired) electrons. The van der Waals surface area contributed by atoms with Crippen LogP contribution < -0.4 is 0 Å². The maximum atomic E-state index is 10.2. The van der Waals surface area contributed by atoms with Crippen molar-refractivity contribution in [2.45, 2.75) is 118 Å². The Morgan fingerprint density at radius 3 is 2.48 bits per heavy atom. The molecule has 4 rings (SSSR count). The molecule has 1 N–H and O–H groups in total. The van der Waals surface area contributed by atoms with E-state index in [-0.39, 0.29) is 6.10 Å². The van der Waals surface area contributed by atoms with Crippen LogP contribution in [0.15, 0.2) is 11.6 Å². The topological polar surface area (TPSA) is 20.2 Å². The molecule has 0 aromatic heterocycles. The predicted octanol–water partition coefficient (Wildman–Crippen LogP) is 7.78. The molecule has 1 heteroatoms. The highest BCUT2D eigenvalue weighted by Gasteiger charge is 2.58. The standard InChI is InChI=1S/C28H48O/c1-6-19(2)8-7-9-20(3)24-12-13-25-23-11-10-21-18-22(29)14-16-27(21,4)26(23)15-17-28(24,25)5/h11,19-22,24-26,29H,6-10,12-18H2,1-5H3/t19?,20-,21?,22?,24-,25+,26+,27+,28-/m1/s1. The minimum absolute atomic E-state index is 0.0379. The molecule has 3 unspecified atom stereocenters. The van der Waals surface area contributed by atoms with Gasteiger partial charge in [-0.2, -0.15) is 0 Å². The molecule has 3 fully saturated rings. The van der Waals surface area contributed by atoms with Crippen LogP contribution in [-0.4, -0.2) is 11.2 Å². The van der Waals surface area contributed by atoms with Crippen LogP contribution in [0.2, 0.25) is 0 Å². The Labute approximate surface area is 181 Å². The van der Waals surface area contributed by atoms with Crippen LogP contribution in [0.4, 0.5) is 0 Å². The van der Waals surface area contributed by atoms with Gasteiger partial charge in [-0.05, 0) is 97.7 Å². The van der Waals surface area contributed by atoms with Gasteiger partial charge in [-0.25, -0.2) is 0 Å². The van der Waals surface area contributed by atoms with Gasteiger partial charge < -0.3 is 5.11 Å². The molecule has 9 atom stereocenters. The van der Waals surface area contributed by atoms with E-state index in [9.17, 15) is 5.11 Å². The third-order valence-electron chi connectivity index (χ3n) is 10.9. The summed E-state index contributed by atoms with van der Waals surface area (Å²) in [6.45, 7) is 12.6. The van der Waals surface area contributed by atoms with Crippen molar-refractivity contribution >= 4 is 0 Å². The summed E-state index contributed by atoms with van der Waals surface area (Å²) in [5.74, 6) is 5.12. The van der Waals surface area contributed by atoms with Crippen molar-refractivity contribution in [1.82, 2.24) is 0 Å². The lowest BCUT2D eigenvalue weighted by atomic mass is 9.47. The van der Waals surface area contributed by atoms with Crippen LogP contribution >= 0.6 is 0 Å². The lowest BCUT2D eigenvalue weighted by Gasteiger charge is -2.57. The van der Waals surface area contributed by atoms with Gasteiger partial charge in [0.05, 0.1) is 6.10 Å². The Morgan fingerprint density at radius 2 is 1.72 bits per heavy atom. The zero-order valence-corrected chi connectivity index (χ0v) is 20.1. The molecule has 0 aromatic carbocycles. The average Bonchev–Trinajstić information content (AvgIpc) is 3.05. The molecule has 1 nitrogen and oxygen atoms in total. The molecular weight excluding hydrogens is 352 g/mol. The molecule has 0 saturated heterocycles. The van der Waals surface area contributed by atoms with E-state index in [1.807, 2.05) is 5.57 Å². The van der Waals surface area contributed by atoms with Gasteiger partial charge in [0.15, 0.2) is 0 Å². The van der Waals surface area contributed by atoms with Crippen LogP contribution in [0.5, 0.6) is 0 Å². The SMILES string of the molecule is CCC(C)CCC[C@@H](C)[C@H]1CC[C@H]2C3=CCC4CC(O)CC[C@]4(C)[C@H]3CC[C@]12C. The quantitative estimate of drug-likeness (QED) is 0.451. The summed E-state index contributed by atoms with van der Waals surface area (Å²) < 4.78 is 0. The number of rotatable bonds is 6. The summed E-state index contributed by atoms with van der Waals surface area (Å²) in [6.07, 6.45) is 18.6. The van der Waals surface area contributed by atoms with Gasteiger partial charge >= 0.3 is 0 Å². The smallest absolute Gasteiger partial charge is 0.0543 e. The van der Waals surface area contributed by atoms with E-state index in [4.69, 9.17) is 0 Å². The van der Waals surface area contributed by atoms with Crippen molar-refractivity contribution in [3.05, 3.63) is 11.6 Å². The van der Waals surface area contributed by atoms with Crippen molar-refractivity contribution in [3.63, 3.8) is 0 Å². The number of aliphatic hydroxyl groups is 1. The average molecular weight is 401 g/mol. The molecule has 29 heavy (non-hydrogen) atoms. The summed E-state index contributed by atoms with van der Waals surface area (Å²) >= 11 is 0. The molecule has 0 heterocycles. The van der Waals surface area contributed by atoms with E-state index in [1.165, 1.54) is 64.2 Å². The maximum absolute atomic E-state index is 10.2. The third kappa shape index (κ3) is 3.77. The van der Waals surface area contributed by atoms with Crippen LogP contribution in [0.25, 0.3) is 0 Å². The first-order chi connectivity index (χ1) is 13.8. The highest BCUT2D eigenvalue weighted by atomic mass is 16.3. The molecule has 0 spiro atoms. The van der Waals surface area contributed by atoms with Gasteiger partial charge in [-0.1, -0.05) is 72.0 Å². The Bertz CT molecular complexity index is 607. The van der Waals surface area contributed by atoms with Gasteiger partial charge in [0.2, 0.25) is 0 Å². The van der Waals surface area contributed by atoms with E-state index in [1.54, 1.807) is 0 Å². The Balaban J connectivity index is 1.47. The number of hydrogen-bond donors (Lipinski definition) is 1. The van der Waals surface area contributed by atoms with E-state index >= 15 is 0 Å². The second-order valence-corrected chi connectivity index (χ2v) is 12.3. The zero-order valence-electron chi connectivity index (χ0n) is 20.1. The van der Waals surface area contributed by atoms with Gasteiger partial charge in [-0.15, -0.1) is 0 Å². The first kappa shape index (κ1) is 21.9. The van der Waals surface area contributed by atoms with Crippen LogP contribution in [-0.2, 0) is 0 Å². The molecule has 0 aromatic rings. The highest BCUT2D eigenvalue weighted by Crippen LogP contribution is 2.66. The molecule has 0 aliphatic heterocycles. The molecule has 3 saturated carbocycles. The number of fused-ring (bicyclic) bond motifs is 5. The zero-order chi connectivity index (χ0) is 20.8. The Kier molecular flexibility index (Phi) is 6.29. The minimum atomic E-state index is -0.0379. The van der Waals surface area contributed by atoms with Crippen molar-refractivity contribution in [3.8, 4) is 0 Å². The monoisotopic (exact) mass is 400 g/mol. The fourth-order valence-corrected chi connectivity index (χ4v) is 8.66. The van der Waals surface area contributed by atoms with E-state index in [0.717, 1.165) is 48.3 Å². The first-order valence-electron chi connectivity index (χ1n) is 13.2. The van der Waals surface area contributed by atoms with Crippen LogP contribution in [0, 0.1) is 46.3 Å². The second-order valence-electron chi connectivity index (χ2n) is 12.3. The Hall–Kier alpha value is -0.300. The van der Waals surface area contributed by atoms with Crippen molar-refractivity contribution < 1.29 is 5.11 Å². The largest absolute Gasteiger partial charge is 0.393 e. The van der Waals surface area contributed by atoms with Crippen LogP contribution in [0.1, 0.15) is 112 Å². The van der Waals surface area contributed by atoms with Crippen LogP contribution in [0.3, 0.4) is 0 Å². The van der Waals surface area contributed by atoms with E-state index in [2.05, 4.69) is 40.7 Å². The number of allylic oxidation sites excluding steroid dienone is 2. The van der Waals surface area contributed by atoms with E-state index in [0.29, 0.717) is 10.8 Å². The maximum Gasteiger partial charge on any atom is 0.0543 e. The first-order valence-corrected chi connectivity index (χ1v) is 13.2. The fourth-order valence-electron chi connectivity index (χ4n) is 8.66. The van der Waals surface area contributed by atoms with Gasteiger partial charge in [0.25, 0.3) is 0 Å². The van der Waals surface area contributed by atoms with Gasteiger partial charge in [-0.3, -0.25) is 0 Å². The van der Waals surface area contributed by atoms with E-state index < -0.39 is 0 Å². The molecule has 4 aliphatic rings. The molecule has 4 aliphatic carbocycles. The lowest BCUT2D eigenvalue weighted by molar-refractivity contribution is -0.0427. The predicted molar refractivity (Wildman–Crippen MR) is 124 cm³/mol. The van der Waals surface area contributed by atoms with Crippen molar-refractivity contribution in [1.29, 1.82) is 0 Å².